The van der Waals surface area contributed by atoms with E-state index >= 15 is 0 Å². The molecule has 0 spiro atoms. The Bertz CT molecular complexity index is 1030. The van der Waals surface area contributed by atoms with Crippen molar-refractivity contribution in [3.8, 4) is 0 Å². The van der Waals surface area contributed by atoms with Crippen LogP contribution in [0.4, 0.5) is 5.69 Å². The topological polar surface area (TPSA) is 58.6 Å². The number of nitrogens with one attached hydrogen (secondary N) is 1. The molecule has 0 aliphatic heterocycles. The third-order valence-corrected chi connectivity index (χ3v) is 8.59. The lowest BCUT2D eigenvalue weighted by Crippen LogP contribution is -2.53. The second-order valence-electron chi connectivity index (χ2n) is 11.3. The van der Waals surface area contributed by atoms with Crippen LogP contribution in [-0.2, 0) is 21.4 Å². The number of hydrogen-bond acceptors (Lipinski definition) is 4. The molecule has 0 aromatic heterocycles. The zero-order valence-electron chi connectivity index (χ0n) is 21.5. The normalized spacial score (nSPS) is 27.0. The van der Waals surface area contributed by atoms with Crippen LogP contribution in [0.5, 0.6) is 0 Å². The van der Waals surface area contributed by atoms with Crippen molar-refractivity contribution < 1.29 is 14.6 Å². The van der Waals surface area contributed by atoms with Crippen molar-refractivity contribution in [2.45, 2.75) is 84.2 Å². The van der Waals surface area contributed by atoms with E-state index in [0.717, 1.165) is 43.4 Å². The van der Waals surface area contributed by atoms with Crippen molar-refractivity contribution in [3.05, 3.63) is 64.7 Å². The minimum atomic E-state index is -0.747. The zero-order chi connectivity index (χ0) is 24.5. The van der Waals surface area contributed by atoms with Gasteiger partial charge in [-0.2, -0.15) is 0 Å². The number of rotatable bonds is 7. The van der Waals surface area contributed by atoms with Gasteiger partial charge in [-0.1, -0.05) is 63.6 Å². The lowest BCUT2D eigenvalue weighted by atomic mass is 9.49. The predicted octanol–water partition coefficient (Wildman–Crippen LogP) is 6.14. The minimum Gasteiger partial charge on any atom is -0.462 e. The van der Waals surface area contributed by atoms with Gasteiger partial charge in [-0.15, -0.1) is 0 Å². The molecular formula is C30H41NO3. The third kappa shape index (κ3) is 4.62. The summed E-state index contributed by atoms with van der Waals surface area (Å²) in [7, 11) is 0. The summed E-state index contributed by atoms with van der Waals surface area (Å²) < 4.78 is 5.77. The van der Waals surface area contributed by atoms with Crippen molar-refractivity contribution in [1.29, 1.82) is 0 Å². The van der Waals surface area contributed by atoms with Gasteiger partial charge in [0.15, 0.2) is 0 Å². The van der Waals surface area contributed by atoms with Crippen LogP contribution in [0, 0.1) is 18.3 Å². The summed E-state index contributed by atoms with van der Waals surface area (Å²) >= 11 is 0. The molecule has 4 nitrogen and oxygen atoms in total. The maximum atomic E-state index is 13.5. The maximum absolute atomic E-state index is 13.5. The number of aliphatic hydroxyl groups excluding tert-OH is 1. The fourth-order valence-electron chi connectivity index (χ4n) is 6.51. The molecule has 2 N–H and O–H groups in total. The highest BCUT2D eigenvalue weighted by Crippen LogP contribution is 2.57. The van der Waals surface area contributed by atoms with E-state index in [0.29, 0.717) is 12.5 Å². The molecular weight excluding hydrogens is 422 g/mol. The van der Waals surface area contributed by atoms with Gasteiger partial charge in [0, 0.05) is 12.2 Å². The Kier molecular flexibility index (Phi) is 7.09. The molecule has 2 aromatic rings. The Balaban J connectivity index is 1.43. The third-order valence-electron chi connectivity index (χ3n) is 8.59. The number of benzene rings is 2. The smallest absolute Gasteiger partial charge is 0.312 e. The first-order valence-electron chi connectivity index (χ1n) is 12.9. The van der Waals surface area contributed by atoms with Crippen LogP contribution in [0.2, 0.25) is 0 Å². The van der Waals surface area contributed by atoms with Crippen LogP contribution < -0.4 is 5.32 Å². The molecule has 184 valence electrons. The van der Waals surface area contributed by atoms with Gasteiger partial charge < -0.3 is 15.2 Å². The highest BCUT2D eigenvalue weighted by atomic mass is 16.5. The summed E-state index contributed by atoms with van der Waals surface area (Å²) in [6.45, 7) is 11.3. The fraction of sp³-hybridized carbons (Fsp3) is 0.567. The largest absolute Gasteiger partial charge is 0.462 e. The van der Waals surface area contributed by atoms with Crippen LogP contribution in [0.3, 0.4) is 0 Å². The first-order valence-corrected chi connectivity index (χ1v) is 12.9. The number of hydrogen-bond donors (Lipinski definition) is 2. The number of aliphatic hydroxyl groups is 1. The summed E-state index contributed by atoms with van der Waals surface area (Å²) in [4.78, 5) is 13.5. The molecule has 1 saturated carbocycles. The monoisotopic (exact) mass is 463 g/mol. The average molecular weight is 464 g/mol. The summed E-state index contributed by atoms with van der Waals surface area (Å²) in [5, 5.41) is 13.7. The van der Waals surface area contributed by atoms with E-state index in [2.05, 4.69) is 51.2 Å². The number of ether oxygens (including phenoxy) is 1. The molecule has 4 atom stereocenters. The first kappa shape index (κ1) is 24.8. The summed E-state index contributed by atoms with van der Waals surface area (Å²) in [5.41, 5.74) is 5.86. The summed E-state index contributed by atoms with van der Waals surface area (Å²) in [6.07, 6.45) is 4.25. The Hall–Kier alpha value is -2.33. The Morgan fingerprint density at radius 3 is 2.68 bits per heavy atom. The quantitative estimate of drug-likeness (QED) is 0.484. The number of aryl methyl sites for hydroxylation is 2. The Morgan fingerprint density at radius 1 is 1.18 bits per heavy atom. The highest BCUT2D eigenvalue weighted by Gasteiger charge is 2.55. The molecule has 1 fully saturated rings. The van der Waals surface area contributed by atoms with Crippen LogP contribution in [0.1, 0.15) is 81.5 Å². The maximum Gasteiger partial charge on any atom is 0.312 e. The molecule has 4 heteroatoms. The SMILES string of the molecule is Cc1ccccc1NCC(O)COC(=O)[C@]1(C)CCC[C@]2(C)c3ccc(C(C)C)cc3CCC12. The van der Waals surface area contributed by atoms with E-state index in [-0.39, 0.29) is 23.9 Å². The fourth-order valence-corrected chi connectivity index (χ4v) is 6.51. The summed E-state index contributed by atoms with van der Waals surface area (Å²) in [5.74, 6) is 0.621. The van der Waals surface area contributed by atoms with Crippen molar-refractivity contribution in [2.24, 2.45) is 11.3 Å². The van der Waals surface area contributed by atoms with E-state index in [1.54, 1.807) is 0 Å². The number of carbonyl (C=O) groups excluding carboxylic acids is 1. The molecule has 34 heavy (non-hydrogen) atoms. The number of fused-ring (bicyclic) bond motifs is 3. The molecule has 0 radical (unpaired) electrons. The van der Waals surface area contributed by atoms with Gasteiger partial charge >= 0.3 is 5.97 Å². The zero-order valence-corrected chi connectivity index (χ0v) is 21.5. The number of esters is 1. The van der Waals surface area contributed by atoms with E-state index in [9.17, 15) is 9.90 Å². The molecule has 0 amide bonds. The molecule has 2 aliphatic carbocycles. The molecule has 2 unspecified atom stereocenters. The van der Waals surface area contributed by atoms with Crippen LogP contribution in [-0.4, -0.2) is 30.3 Å². The van der Waals surface area contributed by atoms with E-state index < -0.39 is 11.5 Å². The predicted molar refractivity (Wildman–Crippen MR) is 138 cm³/mol. The van der Waals surface area contributed by atoms with Crippen LogP contribution >= 0.6 is 0 Å². The van der Waals surface area contributed by atoms with E-state index in [4.69, 9.17) is 4.74 Å². The second kappa shape index (κ2) is 9.73. The van der Waals surface area contributed by atoms with Gasteiger partial charge in [0.05, 0.1) is 5.41 Å². The average Bonchev–Trinajstić information content (AvgIpc) is 2.81. The molecule has 0 saturated heterocycles. The molecule has 0 bridgehead atoms. The van der Waals surface area contributed by atoms with Crippen molar-refractivity contribution in [2.75, 3.05) is 18.5 Å². The van der Waals surface area contributed by atoms with Crippen molar-refractivity contribution in [1.82, 2.24) is 0 Å². The van der Waals surface area contributed by atoms with Crippen molar-refractivity contribution in [3.63, 3.8) is 0 Å². The number of carbonyl (C=O) groups is 1. The van der Waals surface area contributed by atoms with E-state index in [1.807, 2.05) is 31.2 Å². The van der Waals surface area contributed by atoms with Gasteiger partial charge in [0.1, 0.15) is 12.7 Å². The van der Waals surface area contributed by atoms with Gasteiger partial charge in [0.25, 0.3) is 0 Å². The van der Waals surface area contributed by atoms with E-state index in [1.165, 1.54) is 16.7 Å². The molecule has 4 rings (SSSR count). The highest BCUT2D eigenvalue weighted by molar-refractivity contribution is 5.77. The first-order chi connectivity index (χ1) is 16.1. The van der Waals surface area contributed by atoms with Gasteiger partial charge in [-0.25, -0.2) is 0 Å². The number of para-hydroxylation sites is 1. The lowest BCUT2D eigenvalue weighted by molar-refractivity contribution is -0.167. The summed E-state index contributed by atoms with van der Waals surface area (Å²) in [6, 6.07) is 15.0. The van der Waals surface area contributed by atoms with Crippen molar-refractivity contribution >= 4 is 11.7 Å². The number of anilines is 1. The minimum absolute atomic E-state index is 0.0138. The second-order valence-corrected chi connectivity index (χ2v) is 11.3. The van der Waals surface area contributed by atoms with Crippen LogP contribution in [0.25, 0.3) is 0 Å². The Morgan fingerprint density at radius 2 is 1.94 bits per heavy atom. The molecule has 2 aromatic carbocycles. The standard InChI is InChI=1S/C30H41NO3/c1-20(2)22-11-13-25-23(17-22)12-14-27-29(25,4)15-8-16-30(27,5)28(33)34-19-24(32)18-31-26-10-7-6-9-21(26)3/h6-7,9-11,13,17,20,24,27,31-32H,8,12,14-16,18-19H2,1-5H3/t24?,27?,29-,30-/m1/s1. The lowest BCUT2D eigenvalue weighted by Gasteiger charge is -2.54. The Labute approximate surface area is 205 Å². The van der Waals surface area contributed by atoms with Crippen LogP contribution in [0.15, 0.2) is 42.5 Å². The van der Waals surface area contributed by atoms with Gasteiger partial charge in [-0.3, -0.25) is 4.79 Å². The van der Waals surface area contributed by atoms with Gasteiger partial charge in [-0.05, 0) is 85.1 Å². The van der Waals surface area contributed by atoms with Gasteiger partial charge in [0.2, 0.25) is 0 Å². The molecule has 2 aliphatic rings. The molecule has 0 heterocycles.